The average Bonchev–Trinajstić information content (AvgIpc) is 2.59. The van der Waals surface area contributed by atoms with E-state index >= 15 is 0 Å². The molecule has 3 fully saturated rings. The first-order valence-corrected chi connectivity index (χ1v) is 6.99. The summed E-state index contributed by atoms with van der Waals surface area (Å²) >= 11 is 16.4. The molecule has 4 aliphatic carbocycles. The van der Waals surface area contributed by atoms with Crippen molar-refractivity contribution in [3.63, 3.8) is 0 Å². The van der Waals surface area contributed by atoms with E-state index in [1.165, 1.54) is 6.42 Å². The molecule has 7 atom stereocenters. The van der Waals surface area contributed by atoms with E-state index in [0.717, 1.165) is 17.8 Å². The number of allylic oxidation sites excluding steroid dienone is 2. The van der Waals surface area contributed by atoms with Gasteiger partial charge in [0.05, 0.1) is 0 Å². The molecule has 14 heavy (non-hydrogen) atoms. The van der Waals surface area contributed by atoms with Crippen LogP contribution in [0.2, 0.25) is 0 Å². The second-order valence-corrected chi connectivity index (χ2v) is 7.77. The molecule has 0 nitrogen and oxygen atoms in total. The number of hydrogen-bond donors (Lipinski definition) is 0. The smallest absolute Gasteiger partial charge is 0.101 e. The van der Waals surface area contributed by atoms with Crippen LogP contribution in [-0.2, 0) is 0 Å². The molecule has 3 saturated carbocycles. The van der Waals surface area contributed by atoms with E-state index < -0.39 is 0 Å². The fourth-order valence-electron chi connectivity index (χ4n) is 4.35. The summed E-state index contributed by atoms with van der Waals surface area (Å²) in [7, 11) is 0. The molecule has 0 spiro atoms. The van der Waals surface area contributed by atoms with Gasteiger partial charge >= 0.3 is 0 Å². The van der Waals surface area contributed by atoms with Crippen LogP contribution in [0.1, 0.15) is 6.42 Å². The fourth-order valence-corrected chi connectivity index (χ4v) is 6.36. The number of rotatable bonds is 0. The van der Waals surface area contributed by atoms with Crippen molar-refractivity contribution < 1.29 is 0 Å². The van der Waals surface area contributed by atoms with E-state index in [-0.39, 0.29) is 4.33 Å². The molecule has 0 aromatic heterocycles. The van der Waals surface area contributed by atoms with Crippen LogP contribution < -0.4 is 0 Å². The number of fused-ring (bicyclic) bond motifs is 7. The monoisotopic (exact) mass is 292 g/mol. The Hall–Kier alpha value is 0.800. The third-order valence-electron chi connectivity index (χ3n) is 4.93. The van der Waals surface area contributed by atoms with Crippen LogP contribution in [0, 0.1) is 35.5 Å². The molecule has 0 aromatic rings. The lowest BCUT2D eigenvalue weighted by Gasteiger charge is -2.25. The predicted molar refractivity (Wildman–Crippen MR) is 61.8 cm³/mol. The molecule has 0 unspecified atom stereocenters. The van der Waals surface area contributed by atoms with Gasteiger partial charge in [-0.1, -0.05) is 28.1 Å². The van der Waals surface area contributed by atoms with Crippen molar-refractivity contribution >= 4 is 39.1 Å². The van der Waals surface area contributed by atoms with Crippen LogP contribution in [-0.4, -0.2) is 9.16 Å². The van der Waals surface area contributed by atoms with Crippen LogP contribution in [0.15, 0.2) is 12.2 Å². The first-order valence-electron chi connectivity index (χ1n) is 5.32. The minimum Gasteiger partial charge on any atom is -0.101 e. The molecule has 2 bridgehead atoms. The van der Waals surface area contributed by atoms with Crippen LogP contribution in [0.3, 0.4) is 0 Å². The van der Waals surface area contributed by atoms with E-state index in [1.54, 1.807) is 0 Å². The van der Waals surface area contributed by atoms with E-state index in [4.69, 9.17) is 23.2 Å². The minimum atomic E-state index is -0.369. The lowest BCUT2D eigenvalue weighted by molar-refractivity contribution is 0.310. The summed E-state index contributed by atoms with van der Waals surface area (Å²) in [6.45, 7) is 0. The number of alkyl halides is 3. The Labute approximate surface area is 102 Å². The zero-order valence-corrected chi connectivity index (χ0v) is 10.6. The summed E-state index contributed by atoms with van der Waals surface area (Å²) in [5.74, 6) is 4.31. The van der Waals surface area contributed by atoms with Gasteiger partial charge in [-0.2, -0.15) is 0 Å². The Bertz CT molecular complexity index is 338. The Balaban J connectivity index is 1.74. The maximum Gasteiger partial charge on any atom is 0.125 e. The second kappa shape index (κ2) is 2.38. The van der Waals surface area contributed by atoms with Crippen molar-refractivity contribution in [2.24, 2.45) is 35.5 Å². The van der Waals surface area contributed by atoms with Gasteiger partial charge in [0, 0.05) is 10.7 Å². The summed E-state index contributed by atoms with van der Waals surface area (Å²) < 4.78 is -0.369. The molecule has 0 amide bonds. The Morgan fingerprint density at radius 1 is 1.21 bits per heavy atom. The third-order valence-corrected chi connectivity index (χ3v) is 7.21. The van der Waals surface area contributed by atoms with Crippen molar-refractivity contribution in [1.29, 1.82) is 0 Å². The van der Waals surface area contributed by atoms with Crippen molar-refractivity contribution in [3.05, 3.63) is 12.2 Å². The van der Waals surface area contributed by atoms with E-state index in [2.05, 4.69) is 28.1 Å². The highest BCUT2D eigenvalue weighted by Gasteiger charge is 2.75. The Morgan fingerprint density at radius 3 is 2.71 bits per heavy atom. The molecule has 76 valence electrons. The van der Waals surface area contributed by atoms with Gasteiger partial charge in [-0.15, -0.1) is 23.2 Å². The zero-order valence-electron chi connectivity index (χ0n) is 7.54. The standard InChI is InChI=1S/C11H11BrCl2/c12-10-4-1-2-5(10)8-6(4)3-7-9(8)11(7,13)14/h1-2,4-10H,3H2/t4-,5-,6-,7-,8-,9-,10-/m1/s1. The summed E-state index contributed by atoms with van der Waals surface area (Å²) in [5.41, 5.74) is 0. The summed E-state index contributed by atoms with van der Waals surface area (Å²) in [5, 5.41) is 0. The van der Waals surface area contributed by atoms with Gasteiger partial charge in [0.15, 0.2) is 0 Å². The molecule has 0 radical (unpaired) electrons. The van der Waals surface area contributed by atoms with Crippen molar-refractivity contribution in [3.8, 4) is 0 Å². The van der Waals surface area contributed by atoms with Gasteiger partial charge < -0.3 is 0 Å². The van der Waals surface area contributed by atoms with E-state index in [9.17, 15) is 0 Å². The SMILES string of the molecule is ClC1(Cl)[C@H]2[C@@H]3[C@H]4C=C[C@@H]([C@H]4Br)[C@H]3C[C@H]21. The highest BCUT2D eigenvalue weighted by molar-refractivity contribution is 9.09. The lowest BCUT2D eigenvalue weighted by atomic mass is 9.82. The first kappa shape index (κ1) is 8.90. The van der Waals surface area contributed by atoms with Crippen molar-refractivity contribution in [2.75, 3.05) is 0 Å². The largest absolute Gasteiger partial charge is 0.125 e. The van der Waals surface area contributed by atoms with Crippen molar-refractivity contribution in [1.82, 2.24) is 0 Å². The fraction of sp³-hybridized carbons (Fsp3) is 0.818. The lowest BCUT2D eigenvalue weighted by Crippen LogP contribution is -2.21. The third kappa shape index (κ3) is 0.780. The molecule has 3 heteroatoms. The van der Waals surface area contributed by atoms with Crippen LogP contribution in [0.25, 0.3) is 0 Å². The van der Waals surface area contributed by atoms with Gasteiger partial charge in [0.25, 0.3) is 0 Å². The van der Waals surface area contributed by atoms with Crippen LogP contribution >= 0.6 is 39.1 Å². The van der Waals surface area contributed by atoms with Gasteiger partial charge in [-0.25, -0.2) is 0 Å². The maximum absolute atomic E-state index is 6.29. The highest BCUT2D eigenvalue weighted by Crippen LogP contribution is 2.77. The molecule has 4 rings (SSSR count). The molecular weight excluding hydrogens is 283 g/mol. The molecular formula is C11H11BrCl2. The maximum atomic E-state index is 6.29. The topological polar surface area (TPSA) is 0 Å². The molecule has 0 heterocycles. The molecule has 4 aliphatic rings. The molecule has 0 aromatic carbocycles. The number of hydrogen-bond acceptors (Lipinski definition) is 0. The molecule has 0 N–H and O–H groups in total. The quantitative estimate of drug-likeness (QED) is 0.473. The summed E-state index contributed by atoms with van der Waals surface area (Å²) in [4.78, 5) is 0.670. The molecule has 0 saturated heterocycles. The van der Waals surface area contributed by atoms with E-state index in [0.29, 0.717) is 22.6 Å². The van der Waals surface area contributed by atoms with Crippen LogP contribution in [0.5, 0.6) is 0 Å². The van der Waals surface area contributed by atoms with E-state index in [1.807, 2.05) is 0 Å². The van der Waals surface area contributed by atoms with Gasteiger partial charge in [-0.3, -0.25) is 0 Å². The highest BCUT2D eigenvalue weighted by atomic mass is 79.9. The van der Waals surface area contributed by atoms with Crippen molar-refractivity contribution in [2.45, 2.75) is 15.6 Å². The Morgan fingerprint density at radius 2 is 1.93 bits per heavy atom. The van der Waals surface area contributed by atoms with Crippen LogP contribution in [0.4, 0.5) is 0 Å². The summed E-state index contributed by atoms with van der Waals surface area (Å²) in [6, 6.07) is 0. The number of halogens is 3. The molecule has 0 aliphatic heterocycles. The van der Waals surface area contributed by atoms with Gasteiger partial charge in [0.1, 0.15) is 4.33 Å². The summed E-state index contributed by atoms with van der Waals surface area (Å²) in [6.07, 6.45) is 6.05. The predicted octanol–water partition coefficient (Wildman–Crippen LogP) is 3.62. The Kier molecular flexibility index (Phi) is 1.51. The van der Waals surface area contributed by atoms with Gasteiger partial charge in [0.2, 0.25) is 0 Å². The average molecular weight is 294 g/mol. The van der Waals surface area contributed by atoms with Gasteiger partial charge in [-0.05, 0) is 36.0 Å². The zero-order chi connectivity index (χ0) is 9.66. The minimum absolute atomic E-state index is 0.369. The normalized spacial score (nSPS) is 65.5. The second-order valence-electron chi connectivity index (χ2n) is 5.27. The first-order chi connectivity index (χ1) is 6.62.